The van der Waals surface area contributed by atoms with Crippen LogP contribution in [0, 0.1) is 6.92 Å². The first-order valence-corrected chi connectivity index (χ1v) is 9.40. The van der Waals surface area contributed by atoms with E-state index < -0.39 is 0 Å². The van der Waals surface area contributed by atoms with E-state index in [-0.39, 0.29) is 6.61 Å². The normalized spacial score (nSPS) is 19.2. The molecule has 4 heteroatoms. The maximum Gasteiger partial charge on any atom is 0.0451 e. The van der Waals surface area contributed by atoms with Gasteiger partial charge in [-0.05, 0) is 36.1 Å². The minimum atomic E-state index is 0.231. The fourth-order valence-electron chi connectivity index (χ4n) is 3.61. The van der Waals surface area contributed by atoms with Crippen LogP contribution in [0.2, 0.25) is 5.02 Å². The second-order valence-electron chi connectivity index (χ2n) is 6.89. The molecule has 1 atom stereocenters. The van der Waals surface area contributed by atoms with Crippen LogP contribution in [0.5, 0.6) is 0 Å². The van der Waals surface area contributed by atoms with Crippen LogP contribution in [0.1, 0.15) is 23.1 Å². The van der Waals surface area contributed by atoms with Crippen molar-refractivity contribution >= 4 is 11.6 Å². The number of nitrogens with zero attached hydrogens (tertiary/aromatic N) is 2. The first-order valence-electron chi connectivity index (χ1n) is 9.02. The fraction of sp³-hybridized carbons (Fsp3) is 0.429. The van der Waals surface area contributed by atoms with Gasteiger partial charge in [0.15, 0.2) is 0 Å². The van der Waals surface area contributed by atoms with Crippen molar-refractivity contribution < 1.29 is 5.11 Å². The number of piperazine rings is 1. The lowest BCUT2D eigenvalue weighted by Gasteiger charge is -2.41. The highest BCUT2D eigenvalue weighted by Crippen LogP contribution is 2.22. The monoisotopic (exact) mass is 358 g/mol. The summed E-state index contributed by atoms with van der Waals surface area (Å²) in [6.45, 7) is 7.25. The molecule has 1 N–H and O–H groups in total. The molecule has 3 nitrogen and oxygen atoms in total. The summed E-state index contributed by atoms with van der Waals surface area (Å²) in [4.78, 5) is 4.97. The van der Waals surface area contributed by atoms with Crippen LogP contribution >= 0.6 is 11.6 Å². The number of aryl methyl sites for hydroxylation is 1. The maximum absolute atomic E-state index is 9.51. The van der Waals surface area contributed by atoms with Crippen molar-refractivity contribution in [1.82, 2.24) is 9.80 Å². The van der Waals surface area contributed by atoms with Crippen molar-refractivity contribution in [2.75, 3.05) is 26.2 Å². The molecule has 134 valence electrons. The highest BCUT2D eigenvalue weighted by Gasteiger charge is 2.27. The molecule has 1 aliphatic rings. The Morgan fingerprint density at radius 2 is 1.72 bits per heavy atom. The Bertz CT molecular complexity index is 691. The van der Waals surface area contributed by atoms with Crippen LogP contribution in [0.15, 0.2) is 48.5 Å². The van der Waals surface area contributed by atoms with Gasteiger partial charge >= 0.3 is 0 Å². The van der Waals surface area contributed by atoms with E-state index >= 15 is 0 Å². The van der Waals surface area contributed by atoms with E-state index in [1.807, 2.05) is 18.2 Å². The Morgan fingerprint density at radius 3 is 2.44 bits per heavy atom. The van der Waals surface area contributed by atoms with Crippen molar-refractivity contribution in [3.05, 3.63) is 70.2 Å². The predicted octanol–water partition coefficient (Wildman–Crippen LogP) is 3.72. The SMILES string of the molecule is Cc1ccccc1CN1CCN(Cc2ccccc2Cl)CC1CCO. The molecule has 1 heterocycles. The molecule has 3 rings (SSSR count). The van der Waals surface area contributed by atoms with Gasteiger partial charge < -0.3 is 5.11 Å². The summed E-state index contributed by atoms with van der Waals surface area (Å²) >= 11 is 6.32. The lowest BCUT2D eigenvalue weighted by atomic mass is 10.0. The van der Waals surface area contributed by atoms with Crippen molar-refractivity contribution in [1.29, 1.82) is 0 Å². The van der Waals surface area contributed by atoms with E-state index in [0.717, 1.165) is 44.2 Å². The van der Waals surface area contributed by atoms with Crippen molar-refractivity contribution in [2.45, 2.75) is 32.5 Å². The number of aliphatic hydroxyl groups is 1. The van der Waals surface area contributed by atoms with E-state index in [4.69, 9.17) is 11.6 Å². The second kappa shape index (κ2) is 8.81. The standard InChI is InChI=1S/C21H27ClN2O/c1-17-6-2-3-7-18(17)15-24-12-11-23(16-20(24)10-13-25)14-19-8-4-5-9-21(19)22/h2-9,20,25H,10-16H2,1H3. The molecule has 0 radical (unpaired) electrons. The molecule has 2 aromatic rings. The maximum atomic E-state index is 9.51. The number of hydrogen-bond donors (Lipinski definition) is 1. The highest BCUT2D eigenvalue weighted by molar-refractivity contribution is 6.31. The second-order valence-corrected chi connectivity index (χ2v) is 7.30. The third-order valence-electron chi connectivity index (χ3n) is 5.14. The zero-order valence-corrected chi connectivity index (χ0v) is 15.6. The van der Waals surface area contributed by atoms with E-state index in [1.165, 1.54) is 16.7 Å². The number of hydrogen-bond acceptors (Lipinski definition) is 3. The average molecular weight is 359 g/mol. The van der Waals surface area contributed by atoms with Crippen molar-refractivity contribution in [3.63, 3.8) is 0 Å². The van der Waals surface area contributed by atoms with Gasteiger partial charge in [0, 0.05) is 50.4 Å². The van der Waals surface area contributed by atoms with Crippen molar-refractivity contribution in [3.8, 4) is 0 Å². The molecule has 2 aromatic carbocycles. The van der Waals surface area contributed by atoms with Crippen LogP contribution in [-0.2, 0) is 13.1 Å². The molecule has 1 saturated heterocycles. The van der Waals surface area contributed by atoms with E-state index in [0.29, 0.717) is 6.04 Å². The summed E-state index contributed by atoms with van der Waals surface area (Å²) in [6.07, 6.45) is 0.810. The Labute approximate surface area is 155 Å². The topological polar surface area (TPSA) is 26.7 Å². The molecule has 1 aliphatic heterocycles. The first-order chi connectivity index (χ1) is 12.2. The van der Waals surface area contributed by atoms with Crippen LogP contribution in [-0.4, -0.2) is 47.2 Å². The summed E-state index contributed by atoms with van der Waals surface area (Å²) in [5.74, 6) is 0. The summed E-state index contributed by atoms with van der Waals surface area (Å²) < 4.78 is 0. The van der Waals surface area contributed by atoms with Gasteiger partial charge in [-0.3, -0.25) is 9.80 Å². The summed E-state index contributed by atoms with van der Waals surface area (Å²) in [5.41, 5.74) is 3.90. The molecular weight excluding hydrogens is 332 g/mol. The van der Waals surface area contributed by atoms with Gasteiger partial charge in [0.05, 0.1) is 0 Å². The number of aliphatic hydroxyl groups excluding tert-OH is 1. The predicted molar refractivity (Wildman–Crippen MR) is 104 cm³/mol. The Balaban J connectivity index is 1.66. The quantitative estimate of drug-likeness (QED) is 0.852. The molecule has 0 bridgehead atoms. The average Bonchev–Trinajstić information content (AvgIpc) is 2.61. The Morgan fingerprint density at radius 1 is 1.00 bits per heavy atom. The zero-order chi connectivity index (χ0) is 17.6. The fourth-order valence-corrected chi connectivity index (χ4v) is 3.80. The van der Waals surface area contributed by atoms with Crippen LogP contribution < -0.4 is 0 Å². The van der Waals surface area contributed by atoms with Gasteiger partial charge in [0.25, 0.3) is 0 Å². The molecular formula is C21H27ClN2O. The summed E-state index contributed by atoms with van der Waals surface area (Å²) in [7, 11) is 0. The molecule has 25 heavy (non-hydrogen) atoms. The molecule has 0 saturated carbocycles. The van der Waals surface area contributed by atoms with Gasteiger partial charge in [-0.1, -0.05) is 54.1 Å². The first kappa shape index (κ1) is 18.4. The highest BCUT2D eigenvalue weighted by atomic mass is 35.5. The summed E-state index contributed by atoms with van der Waals surface area (Å²) in [6, 6.07) is 17.0. The Hall–Kier alpha value is -1.39. The largest absolute Gasteiger partial charge is 0.396 e. The number of rotatable bonds is 6. The number of halogens is 1. The van der Waals surface area contributed by atoms with Crippen LogP contribution in [0.3, 0.4) is 0 Å². The van der Waals surface area contributed by atoms with Crippen LogP contribution in [0.25, 0.3) is 0 Å². The zero-order valence-electron chi connectivity index (χ0n) is 14.9. The minimum Gasteiger partial charge on any atom is -0.396 e. The molecule has 0 amide bonds. The molecule has 0 aliphatic carbocycles. The molecule has 1 unspecified atom stereocenters. The number of benzene rings is 2. The molecule has 1 fully saturated rings. The molecule has 0 aromatic heterocycles. The van der Waals surface area contributed by atoms with Gasteiger partial charge in [-0.2, -0.15) is 0 Å². The Kier molecular flexibility index (Phi) is 6.49. The van der Waals surface area contributed by atoms with E-state index in [9.17, 15) is 5.11 Å². The van der Waals surface area contributed by atoms with E-state index in [2.05, 4.69) is 47.1 Å². The van der Waals surface area contributed by atoms with Crippen molar-refractivity contribution in [2.24, 2.45) is 0 Å². The lowest BCUT2D eigenvalue weighted by molar-refractivity contribution is 0.0499. The summed E-state index contributed by atoms with van der Waals surface area (Å²) in [5, 5.41) is 10.3. The lowest BCUT2D eigenvalue weighted by Crippen LogP contribution is -2.52. The van der Waals surface area contributed by atoms with E-state index in [1.54, 1.807) is 0 Å². The third kappa shape index (κ3) is 4.83. The molecule has 0 spiro atoms. The van der Waals surface area contributed by atoms with Gasteiger partial charge in [-0.25, -0.2) is 0 Å². The van der Waals surface area contributed by atoms with Gasteiger partial charge in [0.2, 0.25) is 0 Å². The minimum absolute atomic E-state index is 0.231. The van der Waals surface area contributed by atoms with Gasteiger partial charge in [-0.15, -0.1) is 0 Å². The smallest absolute Gasteiger partial charge is 0.0451 e. The third-order valence-corrected chi connectivity index (χ3v) is 5.51. The van der Waals surface area contributed by atoms with Crippen LogP contribution in [0.4, 0.5) is 0 Å². The van der Waals surface area contributed by atoms with Gasteiger partial charge in [0.1, 0.15) is 0 Å².